The topological polar surface area (TPSA) is 50.9 Å². The molecule has 0 unspecified atom stereocenters. The molecule has 1 heterocycles. The van der Waals surface area contributed by atoms with Crippen molar-refractivity contribution in [2.75, 3.05) is 0 Å². The van der Waals surface area contributed by atoms with Crippen LogP contribution in [0.4, 0.5) is 0 Å². The van der Waals surface area contributed by atoms with E-state index in [2.05, 4.69) is 26.2 Å². The average molecular weight is 290 g/mol. The summed E-state index contributed by atoms with van der Waals surface area (Å²) in [7, 11) is 0. The molecule has 0 atom stereocenters. The number of benzene rings is 2. The van der Waals surface area contributed by atoms with Gasteiger partial charge >= 0.3 is 0 Å². The molecule has 0 saturated heterocycles. The number of hydrogen-bond donors (Lipinski definition) is 1. The molecular weight excluding hydrogens is 282 g/mol. The van der Waals surface area contributed by atoms with Crippen LogP contribution in [0.2, 0.25) is 0 Å². The lowest BCUT2D eigenvalue weighted by Gasteiger charge is -2.05. The number of hydrogen-bond acceptors (Lipinski definition) is 3. The molecule has 0 fully saturated rings. The van der Waals surface area contributed by atoms with Crippen LogP contribution >= 0.6 is 15.9 Å². The maximum absolute atomic E-state index is 9.86. The van der Waals surface area contributed by atoms with Gasteiger partial charge in [-0.05, 0) is 30.3 Å². The lowest BCUT2D eigenvalue weighted by molar-refractivity contribution is 0.470. The van der Waals surface area contributed by atoms with Gasteiger partial charge in [0, 0.05) is 4.47 Å². The van der Waals surface area contributed by atoms with Gasteiger partial charge in [0.25, 0.3) is 0 Å². The van der Waals surface area contributed by atoms with Crippen LogP contribution in [0.3, 0.4) is 0 Å². The summed E-state index contributed by atoms with van der Waals surface area (Å²) in [6, 6.07) is 12.8. The van der Waals surface area contributed by atoms with Gasteiger partial charge in [0.15, 0.2) is 0 Å². The summed E-state index contributed by atoms with van der Waals surface area (Å²) in [4.78, 5) is 0. The van der Waals surface area contributed by atoms with E-state index in [4.69, 9.17) is 0 Å². The minimum atomic E-state index is 0.170. The molecule has 84 valence electrons. The van der Waals surface area contributed by atoms with Crippen molar-refractivity contribution in [3.05, 3.63) is 46.9 Å². The Morgan fingerprint density at radius 3 is 2.82 bits per heavy atom. The first kappa shape index (κ1) is 10.3. The van der Waals surface area contributed by atoms with Gasteiger partial charge < -0.3 is 5.11 Å². The summed E-state index contributed by atoms with van der Waals surface area (Å²) >= 11 is 3.37. The summed E-state index contributed by atoms with van der Waals surface area (Å²) in [5, 5.41) is 18.0. The van der Waals surface area contributed by atoms with Crippen LogP contribution < -0.4 is 0 Å². The molecule has 0 aliphatic heterocycles. The lowest BCUT2D eigenvalue weighted by atomic mass is 10.2. The van der Waals surface area contributed by atoms with E-state index >= 15 is 0 Å². The second-order valence-corrected chi connectivity index (χ2v) is 4.54. The second kappa shape index (κ2) is 3.85. The fourth-order valence-electron chi connectivity index (χ4n) is 1.71. The molecule has 0 aliphatic carbocycles. The molecule has 17 heavy (non-hydrogen) atoms. The number of halogens is 1. The second-order valence-electron chi connectivity index (χ2n) is 3.62. The highest BCUT2D eigenvalue weighted by molar-refractivity contribution is 9.10. The van der Waals surface area contributed by atoms with Gasteiger partial charge in [0.05, 0.1) is 5.52 Å². The summed E-state index contributed by atoms with van der Waals surface area (Å²) in [5.74, 6) is 0.170. The highest BCUT2D eigenvalue weighted by Gasteiger charge is 2.09. The number of aromatic hydroxyl groups is 1. The number of fused-ring (bicyclic) bond motifs is 1. The van der Waals surface area contributed by atoms with E-state index in [1.807, 2.05) is 24.3 Å². The first-order valence-electron chi connectivity index (χ1n) is 5.05. The number of nitrogens with zero attached hydrogens (tertiary/aromatic N) is 3. The van der Waals surface area contributed by atoms with Crippen LogP contribution in [-0.2, 0) is 0 Å². The largest absolute Gasteiger partial charge is 0.506 e. The first-order valence-corrected chi connectivity index (χ1v) is 5.84. The molecule has 2 aromatic carbocycles. The van der Waals surface area contributed by atoms with Gasteiger partial charge in [-0.15, -0.1) is 5.10 Å². The predicted molar refractivity (Wildman–Crippen MR) is 68.2 cm³/mol. The van der Waals surface area contributed by atoms with Crippen molar-refractivity contribution < 1.29 is 5.11 Å². The minimum Gasteiger partial charge on any atom is -0.506 e. The highest BCUT2D eigenvalue weighted by Crippen LogP contribution is 2.27. The number of rotatable bonds is 1. The zero-order valence-electron chi connectivity index (χ0n) is 8.71. The van der Waals surface area contributed by atoms with E-state index in [-0.39, 0.29) is 5.75 Å². The van der Waals surface area contributed by atoms with Crippen molar-refractivity contribution in [1.82, 2.24) is 15.0 Å². The van der Waals surface area contributed by atoms with E-state index in [0.29, 0.717) is 5.69 Å². The molecular formula is C12H8BrN3O. The van der Waals surface area contributed by atoms with Gasteiger partial charge in [-0.1, -0.05) is 33.3 Å². The quantitative estimate of drug-likeness (QED) is 0.749. The van der Waals surface area contributed by atoms with Crippen LogP contribution in [0.15, 0.2) is 46.9 Å². The van der Waals surface area contributed by atoms with Crippen molar-refractivity contribution in [3.8, 4) is 11.4 Å². The van der Waals surface area contributed by atoms with Crippen molar-refractivity contribution >= 4 is 27.0 Å². The van der Waals surface area contributed by atoms with Crippen LogP contribution in [0.5, 0.6) is 5.75 Å². The maximum Gasteiger partial charge on any atom is 0.141 e. The van der Waals surface area contributed by atoms with Crippen molar-refractivity contribution in [2.45, 2.75) is 0 Å². The smallest absolute Gasteiger partial charge is 0.141 e. The van der Waals surface area contributed by atoms with Crippen LogP contribution in [0, 0.1) is 0 Å². The Labute approximate surface area is 106 Å². The van der Waals surface area contributed by atoms with Crippen molar-refractivity contribution in [2.24, 2.45) is 0 Å². The van der Waals surface area contributed by atoms with Crippen LogP contribution in [-0.4, -0.2) is 20.1 Å². The normalized spacial score (nSPS) is 10.9. The Morgan fingerprint density at radius 2 is 1.94 bits per heavy atom. The Morgan fingerprint density at radius 1 is 1.12 bits per heavy atom. The maximum atomic E-state index is 9.86. The van der Waals surface area contributed by atoms with Gasteiger partial charge in [-0.2, -0.15) is 0 Å². The molecule has 5 heteroatoms. The molecule has 0 bridgehead atoms. The van der Waals surface area contributed by atoms with Crippen molar-refractivity contribution in [1.29, 1.82) is 0 Å². The molecule has 3 aromatic rings. The Bertz CT molecular complexity index is 693. The Balaban J connectivity index is 2.31. The highest BCUT2D eigenvalue weighted by atomic mass is 79.9. The summed E-state index contributed by atoms with van der Waals surface area (Å²) in [6.07, 6.45) is 0. The standard InChI is InChI=1S/C12H8BrN3O/c13-8-5-6-12(17)11(7-8)16-10-4-2-1-3-9(10)14-15-16/h1-7,17H. The number of para-hydroxylation sites is 1. The van der Waals surface area contributed by atoms with E-state index in [9.17, 15) is 5.11 Å². The molecule has 0 saturated carbocycles. The van der Waals surface area contributed by atoms with E-state index in [1.165, 1.54) is 0 Å². The zero-order chi connectivity index (χ0) is 11.8. The Kier molecular flexibility index (Phi) is 2.33. The van der Waals surface area contributed by atoms with E-state index < -0.39 is 0 Å². The monoisotopic (exact) mass is 289 g/mol. The summed E-state index contributed by atoms with van der Waals surface area (Å²) in [6.45, 7) is 0. The molecule has 1 N–H and O–H groups in total. The molecule has 4 nitrogen and oxygen atoms in total. The third kappa shape index (κ3) is 1.68. The molecule has 0 amide bonds. The summed E-state index contributed by atoms with van der Waals surface area (Å²) < 4.78 is 2.50. The number of phenols is 1. The third-order valence-electron chi connectivity index (χ3n) is 2.52. The van der Waals surface area contributed by atoms with Gasteiger partial charge in [0.1, 0.15) is 17.0 Å². The SMILES string of the molecule is Oc1ccc(Br)cc1-n1nnc2ccccc21. The molecule has 0 aliphatic rings. The van der Waals surface area contributed by atoms with E-state index in [0.717, 1.165) is 15.5 Å². The third-order valence-corrected chi connectivity index (χ3v) is 3.01. The van der Waals surface area contributed by atoms with Crippen molar-refractivity contribution in [3.63, 3.8) is 0 Å². The van der Waals surface area contributed by atoms with Gasteiger partial charge in [0.2, 0.25) is 0 Å². The predicted octanol–water partition coefficient (Wildman–Crippen LogP) is 2.89. The first-order chi connectivity index (χ1) is 8.25. The van der Waals surface area contributed by atoms with Gasteiger partial charge in [-0.3, -0.25) is 0 Å². The minimum absolute atomic E-state index is 0.170. The average Bonchev–Trinajstić information content (AvgIpc) is 2.76. The molecule has 3 rings (SSSR count). The fraction of sp³-hybridized carbons (Fsp3) is 0. The molecule has 0 radical (unpaired) electrons. The van der Waals surface area contributed by atoms with Crippen LogP contribution in [0.25, 0.3) is 16.7 Å². The Hall–Kier alpha value is -1.88. The number of phenolic OH excluding ortho intramolecular Hbond substituents is 1. The fourth-order valence-corrected chi connectivity index (χ4v) is 2.06. The lowest BCUT2D eigenvalue weighted by Crippen LogP contribution is -1.96. The molecule has 0 spiro atoms. The summed E-state index contributed by atoms with van der Waals surface area (Å²) in [5.41, 5.74) is 2.26. The van der Waals surface area contributed by atoms with Gasteiger partial charge in [-0.25, -0.2) is 4.68 Å². The number of aromatic nitrogens is 3. The zero-order valence-corrected chi connectivity index (χ0v) is 10.3. The van der Waals surface area contributed by atoms with Crippen LogP contribution in [0.1, 0.15) is 0 Å². The molecule has 1 aromatic heterocycles. The van der Waals surface area contributed by atoms with E-state index in [1.54, 1.807) is 22.9 Å².